The van der Waals surface area contributed by atoms with Crippen molar-refractivity contribution in [1.29, 1.82) is 0 Å². The van der Waals surface area contributed by atoms with Crippen LogP contribution < -0.4 is 5.32 Å². The lowest BCUT2D eigenvalue weighted by atomic mass is 10.1. The molecule has 0 amide bonds. The van der Waals surface area contributed by atoms with E-state index in [1.165, 1.54) is 11.3 Å². The summed E-state index contributed by atoms with van der Waals surface area (Å²) in [6, 6.07) is 3.97. The number of hydrogen-bond donors (Lipinski definition) is 1. The molecule has 14 heavy (non-hydrogen) atoms. The van der Waals surface area contributed by atoms with Crippen LogP contribution in [-0.4, -0.2) is 31.6 Å². The first-order valence-electron chi connectivity index (χ1n) is 4.74. The van der Waals surface area contributed by atoms with Crippen LogP contribution in [-0.2, 0) is 4.74 Å². The largest absolute Gasteiger partial charge is 0.378 e. The van der Waals surface area contributed by atoms with Crippen molar-refractivity contribution in [3.63, 3.8) is 0 Å². The van der Waals surface area contributed by atoms with Gasteiger partial charge in [0.15, 0.2) is 5.78 Å². The molecule has 1 aromatic heterocycles. The Hall–Kier alpha value is -0.710. The zero-order valence-corrected chi connectivity index (χ0v) is 8.68. The smallest absolute Gasteiger partial charge is 0.174 e. The van der Waals surface area contributed by atoms with Crippen molar-refractivity contribution in [2.45, 2.75) is 12.5 Å². The minimum atomic E-state index is 0.193. The number of carbonyl (C=O) groups is 1. The highest BCUT2D eigenvalue weighted by molar-refractivity contribution is 7.12. The van der Waals surface area contributed by atoms with Gasteiger partial charge in [0.25, 0.3) is 0 Å². The molecule has 4 heteroatoms. The maximum atomic E-state index is 11.7. The van der Waals surface area contributed by atoms with Gasteiger partial charge in [-0.05, 0) is 11.4 Å². The van der Waals surface area contributed by atoms with Crippen molar-refractivity contribution in [2.75, 3.05) is 19.8 Å². The monoisotopic (exact) mass is 211 g/mol. The summed E-state index contributed by atoms with van der Waals surface area (Å²) in [7, 11) is 0. The van der Waals surface area contributed by atoms with Crippen LogP contribution in [0.1, 0.15) is 16.1 Å². The fraction of sp³-hybridized carbons (Fsp3) is 0.500. The third kappa shape index (κ3) is 2.41. The molecule has 1 fully saturated rings. The Kier molecular flexibility index (Phi) is 3.29. The molecule has 1 saturated heterocycles. The molecule has 0 aromatic carbocycles. The molecule has 1 aliphatic heterocycles. The second-order valence-electron chi connectivity index (χ2n) is 3.33. The molecular formula is C10H13NO2S. The molecule has 1 N–H and O–H groups in total. The number of nitrogens with one attached hydrogen (secondary N) is 1. The fourth-order valence-electron chi connectivity index (χ4n) is 1.51. The van der Waals surface area contributed by atoms with Gasteiger partial charge in [-0.3, -0.25) is 4.79 Å². The molecule has 0 unspecified atom stereocenters. The molecule has 2 rings (SSSR count). The van der Waals surface area contributed by atoms with E-state index in [0.717, 1.165) is 18.0 Å². The predicted molar refractivity (Wildman–Crippen MR) is 55.9 cm³/mol. The minimum absolute atomic E-state index is 0.193. The number of thiophene rings is 1. The second kappa shape index (κ2) is 4.68. The lowest BCUT2D eigenvalue weighted by Gasteiger charge is -2.22. The third-order valence-corrected chi connectivity index (χ3v) is 3.14. The number of hydrogen-bond acceptors (Lipinski definition) is 4. The van der Waals surface area contributed by atoms with E-state index in [4.69, 9.17) is 4.74 Å². The SMILES string of the molecule is O=C(C[C@H]1COCCN1)c1cccs1. The summed E-state index contributed by atoms with van der Waals surface area (Å²) in [5.41, 5.74) is 0. The molecule has 1 atom stereocenters. The van der Waals surface area contributed by atoms with Gasteiger partial charge in [0, 0.05) is 19.0 Å². The van der Waals surface area contributed by atoms with Gasteiger partial charge < -0.3 is 10.1 Å². The number of carbonyl (C=O) groups excluding carboxylic acids is 1. The Bertz CT molecular complexity index is 291. The quantitative estimate of drug-likeness (QED) is 0.766. The number of morpholine rings is 1. The van der Waals surface area contributed by atoms with Gasteiger partial charge in [-0.15, -0.1) is 11.3 Å². The first-order valence-corrected chi connectivity index (χ1v) is 5.62. The van der Waals surface area contributed by atoms with E-state index in [0.29, 0.717) is 13.0 Å². The third-order valence-electron chi connectivity index (χ3n) is 2.23. The van der Waals surface area contributed by atoms with E-state index in [-0.39, 0.29) is 11.8 Å². The normalized spacial score (nSPS) is 22.1. The summed E-state index contributed by atoms with van der Waals surface area (Å²) in [4.78, 5) is 12.5. The highest BCUT2D eigenvalue weighted by Gasteiger charge is 2.17. The Morgan fingerprint density at radius 3 is 3.29 bits per heavy atom. The molecule has 1 aliphatic rings. The molecule has 3 nitrogen and oxygen atoms in total. The average Bonchev–Trinajstić information content (AvgIpc) is 2.72. The average molecular weight is 211 g/mol. The Balaban J connectivity index is 1.87. The number of ketones is 1. The van der Waals surface area contributed by atoms with E-state index < -0.39 is 0 Å². The van der Waals surface area contributed by atoms with Crippen molar-refractivity contribution < 1.29 is 9.53 Å². The van der Waals surface area contributed by atoms with Gasteiger partial charge in [0.05, 0.1) is 18.1 Å². The lowest BCUT2D eigenvalue weighted by Crippen LogP contribution is -2.42. The van der Waals surface area contributed by atoms with Crippen LogP contribution in [0.25, 0.3) is 0 Å². The van der Waals surface area contributed by atoms with Crippen molar-refractivity contribution >= 4 is 17.1 Å². The van der Waals surface area contributed by atoms with Crippen molar-refractivity contribution in [2.24, 2.45) is 0 Å². The van der Waals surface area contributed by atoms with Crippen LogP contribution in [0.4, 0.5) is 0 Å². The molecule has 0 bridgehead atoms. The van der Waals surface area contributed by atoms with E-state index >= 15 is 0 Å². The maximum Gasteiger partial charge on any atom is 0.174 e. The summed E-state index contributed by atoms with van der Waals surface area (Å²) < 4.78 is 5.29. The summed E-state index contributed by atoms with van der Waals surface area (Å²) in [6.07, 6.45) is 0.542. The molecule has 1 aromatic rings. The predicted octanol–water partition coefficient (Wildman–Crippen LogP) is 1.31. The molecule has 0 radical (unpaired) electrons. The van der Waals surface area contributed by atoms with Gasteiger partial charge in [-0.2, -0.15) is 0 Å². The maximum absolute atomic E-state index is 11.7. The standard InChI is InChI=1S/C10H13NO2S/c12-9(10-2-1-5-14-10)6-8-7-13-4-3-11-8/h1-2,5,8,11H,3-4,6-7H2/t8-/m0/s1. The molecule has 76 valence electrons. The van der Waals surface area contributed by atoms with Crippen LogP contribution in [0.15, 0.2) is 17.5 Å². The number of ether oxygens (including phenoxy) is 1. The van der Waals surface area contributed by atoms with Gasteiger partial charge in [0.2, 0.25) is 0 Å². The molecule has 0 spiro atoms. The zero-order chi connectivity index (χ0) is 9.80. The first kappa shape index (κ1) is 9.83. The van der Waals surface area contributed by atoms with Gasteiger partial charge >= 0.3 is 0 Å². The van der Waals surface area contributed by atoms with Crippen LogP contribution in [0.5, 0.6) is 0 Å². The van der Waals surface area contributed by atoms with Crippen LogP contribution in [0, 0.1) is 0 Å². The molecule has 2 heterocycles. The van der Waals surface area contributed by atoms with Crippen LogP contribution in [0.3, 0.4) is 0 Å². The number of Topliss-reactive ketones (excluding diaryl/α,β-unsaturated/α-hetero) is 1. The Labute approximate surface area is 87.1 Å². The van der Waals surface area contributed by atoms with E-state index in [9.17, 15) is 4.79 Å². The summed E-state index contributed by atoms with van der Waals surface area (Å²) in [6.45, 7) is 2.25. The zero-order valence-electron chi connectivity index (χ0n) is 7.86. The van der Waals surface area contributed by atoms with Gasteiger partial charge in [-0.25, -0.2) is 0 Å². The van der Waals surface area contributed by atoms with Crippen molar-refractivity contribution in [1.82, 2.24) is 5.32 Å². The summed E-state index contributed by atoms with van der Waals surface area (Å²) in [5, 5.41) is 5.20. The Morgan fingerprint density at radius 2 is 2.64 bits per heavy atom. The van der Waals surface area contributed by atoms with Crippen molar-refractivity contribution in [3.05, 3.63) is 22.4 Å². The number of rotatable bonds is 3. The lowest BCUT2D eigenvalue weighted by molar-refractivity contribution is 0.0677. The fourth-order valence-corrected chi connectivity index (χ4v) is 2.19. The first-order chi connectivity index (χ1) is 6.86. The second-order valence-corrected chi connectivity index (χ2v) is 4.28. The van der Waals surface area contributed by atoms with E-state index in [1.54, 1.807) is 0 Å². The van der Waals surface area contributed by atoms with Gasteiger partial charge in [0.1, 0.15) is 0 Å². The molecule has 0 aliphatic carbocycles. The van der Waals surface area contributed by atoms with E-state index in [2.05, 4.69) is 5.32 Å². The minimum Gasteiger partial charge on any atom is -0.378 e. The molecular weight excluding hydrogens is 198 g/mol. The van der Waals surface area contributed by atoms with Gasteiger partial charge in [-0.1, -0.05) is 6.07 Å². The summed E-state index contributed by atoms with van der Waals surface area (Å²) in [5.74, 6) is 0.211. The summed E-state index contributed by atoms with van der Waals surface area (Å²) >= 11 is 1.50. The highest BCUT2D eigenvalue weighted by Crippen LogP contribution is 2.13. The Morgan fingerprint density at radius 1 is 1.71 bits per heavy atom. The van der Waals surface area contributed by atoms with Crippen molar-refractivity contribution in [3.8, 4) is 0 Å². The van der Waals surface area contributed by atoms with E-state index in [1.807, 2.05) is 17.5 Å². The molecule has 0 saturated carbocycles. The highest BCUT2D eigenvalue weighted by atomic mass is 32.1. The van der Waals surface area contributed by atoms with Crippen LogP contribution >= 0.6 is 11.3 Å². The van der Waals surface area contributed by atoms with Crippen LogP contribution in [0.2, 0.25) is 0 Å². The topological polar surface area (TPSA) is 38.3 Å².